The van der Waals surface area contributed by atoms with Gasteiger partial charge in [-0.2, -0.15) is 0 Å². The number of sulfonamides is 1. The summed E-state index contributed by atoms with van der Waals surface area (Å²) in [5.74, 6) is 0.771. The van der Waals surface area contributed by atoms with Crippen LogP contribution in [0.4, 0.5) is 0 Å². The molecule has 0 aliphatic carbocycles. The van der Waals surface area contributed by atoms with E-state index in [2.05, 4.69) is 10.0 Å². The molecule has 2 heterocycles. The molecule has 0 amide bonds. The van der Waals surface area contributed by atoms with Crippen LogP contribution in [0, 0.1) is 6.92 Å². The Morgan fingerprint density at radius 3 is 2.86 bits per heavy atom. The molecule has 0 saturated heterocycles. The van der Waals surface area contributed by atoms with Gasteiger partial charge in [-0.05, 0) is 36.5 Å². The molecule has 2 N–H and O–H groups in total. The van der Waals surface area contributed by atoms with Gasteiger partial charge in [-0.15, -0.1) is 11.3 Å². The third-order valence-corrected chi connectivity index (χ3v) is 5.96. The highest BCUT2D eigenvalue weighted by molar-refractivity contribution is 7.89. The summed E-state index contributed by atoms with van der Waals surface area (Å²) in [6.07, 6.45) is 2.12. The molecule has 5 nitrogen and oxygen atoms in total. The molecular weight excluding hydrogens is 308 g/mol. The molecule has 0 saturated carbocycles. The van der Waals surface area contributed by atoms with E-state index in [4.69, 9.17) is 4.42 Å². The number of hydrogen-bond acceptors (Lipinski definition) is 5. The van der Waals surface area contributed by atoms with E-state index in [0.717, 1.165) is 22.7 Å². The molecule has 0 spiro atoms. The highest BCUT2D eigenvalue weighted by atomic mass is 32.2. The minimum atomic E-state index is -3.48. The van der Waals surface area contributed by atoms with Gasteiger partial charge in [-0.25, -0.2) is 13.1 Å². The third-order valence-electron chi connectivity index (χ3n) is 3.04. The fourth-order valence-corrected chi connectivity index (χ4v) is 4.85. The first kappa shape index (κ1) is 16.2. The van der Waals surface area contributed by atoms with Crippen molar-refractivity contribution in [1.82, 2.24) is 10.0 Å². The second kappa shape index (κ2) is 7.22. The van der Waals surface area contributed by atoms with Crippen LogP contribution < -0.4 is 10.0 Å². The second-order valence-electron chi connectivity index (χ2n) is 4.68. The lowest BCUT2D eigenvalue weighted by Crippen LogP contribution is -2.27. The Hall–Kier alpha value is -1.15. The molecule has 0 radical (unpaired) electrons. The van der Waals surface area contributed by atoms with Crippen LogP contribution >= 0.6 is 11.3 Å². The van der Waals surface area contributed by atoms with Crippen LogP contribution in [0.5, 0.6) is 0 Å². The molecule has 0 bridgehead atoms. The van der Waals surface area contributed by atoms with Gasteiger partial charge in [0.05, 0.1) is 6.26 Å². The first-order valence-corrected chi connectivity index (χ1v) is 9.20. The average Bonchev–Trinajstić information content (AvgIpc) is 3.06. The summed E-state index contributed by atoms with van der Waals surface area (Å²) < 4.78 is 32.8. The Kier molecular flexibility index (Phi) is 5.58. The highest BCUT2D eigenvalue weighted by Gasteiger charge is 2.22. The predicted octanol–water partition coefficient (Wildman–Crippen LogP) is 2.28. The van der Waals surface area contributed by atoms with Gasteiger partial charge >= 0.3 is 0 Å². The zero-order valence-corrected chi connectivity index (χ0v) is 13.8. The van der Waals surface area contributed by atoms with Gasteiger partial charge in [0, 0.05) is 24.4 Å². The Bertz CT molecular complexity index is 660. The first-order valence-electron chi connectivity index (χ1n) is 6.84. The van der Waals surface area contributed by atoms with Crippen LogP contribution in [0.25, 0.3) is 0 Å². The van der Waals surface area contributed by atoms with Crippen molar-refractivity contribution in [3.05, 3.63) is 40.0 Å². The molecule has 7 heteroatoms. The third kappa shape index (κ3) is 4.16. The maximum atomic E-state index is 12.5. The lowest BCUT2D eigenvalue weighted by atomic mass is 10.3. The Morgan fingerprint density at radius 1 is 1.38 bits per heavy atom. The molecule has 0 fully saturated rings. The summed E-state index contributed by atoms with van der Waals surface area (Å²) in [5, 5.41) is 5.05. The van der Waals surface area contributed by atoms with Crippen molar-refractivity contribution in [2.45, 2.75) is 31.7 Å². The average molecular weight is 328 g/mol. The summed E-state index contributed by atoms with van der Waals surface area (Å²) in [4.78, 5) is 1.26. The van der Waals surface area contributed by atoms with E-state index in [1.165, 1.54) is 11.3 Å². The van der Waals surface area contributed by atoms with Crippen molar-refractivity contribution in [3.8, 4) is 0 Å². The Labute approximate surface area is 129 Å². The molecule has 0 aliphatic heterocycles. The number of nitrogens with one attached hydrogen (secondary N) is 2. The van der Waals surface area contributed by atoms with Crippen molar-refractivity contribution in [1.29, 1.82) is 0 Å². The summed E-state index contributed by atoms with van der Waals surface area (Å²) in [6, 6.07) is 3.63. The summed E-state index contributed by atoms with van der Waals surface area (Å²) in [6.45, 7) is 5.53. The molecule has 0 aromatic carbocycles. The number of thiophene rings is 1. The molecule has 2 aromatic rings. The number of furan rings is 1. The van der Waals surface area contributed by atoms with Crippen LogP contribution in [0.2, 0.25) is 0 Å². The minimum Gasteiger partial charge on any atom is -0.469 e. The molecular formula is C14H20N2O3S2. The first-order chi connectivity index (χ1) is 10.0. The second-order valence-corrected chi connectivity index (χ2v) is 7.35. The SMILES string of the molecule is CCNCc1scc(C)c1S(=O)(=O)NCCc1ccco1. The van der Waals surface area contributed by atoms with Crippen LogP contribution in [-0.4, -0.2) is 21.5 Å². The van der Waals surface area contributed by atoms with Crippen molar-refractivity contribution >= 4 is 21.4 Å². The van der Waals surface area contributed by atoms with Gasteiger partial charge in [0.25, 0.3) is 0 Å². The quantitative estimate of drug-likeness (QED) is 0.780. The standard InChI is InChI=1S/C14H20N2O3S2/c1-3-15-9-13-14(11(2)10-20-13)21(17,18)16-7-6-12-5-4-8-19-12/h4-5,8,10,15-16H,3,6-7,9H2,1-2H3. The summed E-state index contributed by atoms with van der Waals surface area (Å²) >= 11 is 1.47. The van der Waals surface area contributed by atoms with Gasteiger partial charge in [-0.3, -0.25) is 0 Å². The van der Waals surface area contributed by atoms with Crippen LogP contribution in [0.3, 0.4) is 0 Å². The van der Waals surface area contributed by atoms with Gasteiger partial charge in [-0.1, -0.05) is 6.92 Å². The molecule has 0 aliphatic rings. The van der Waals surface area contributed by atoms with Crippen LogP contribution in [-0.2, 0) is 23.0 Å². The predicted molar refractivity (Wildman–Crippen MR) is 84.0 cm³/mol. The maximum Gasteiger partial charge on any atom is 0.241 e. The van der Waals surface area contributed by atoms with E-state index in [9.17, 15) is 8.42 Å². The van der Waals surface area contributed by atoms with Crippen molar-refractivity contribution in [3.63, 3.8) is 0 Å². The zero-order valence-electron chi connectivity index (χ0n) is 12.2. The fraction of sp³-hybridized carbons (Fsp3) is 0.429. The van der Waals surface area contributed by atoms with E-state index in [-0.39, 0.29) is 0 Å². The van der Waals surface area contributed by atoms with Crippen molar-refractivity contribution < 1.29 is 12.8 Å². The largest absolute Gasteiger partial charge is 0.469 e. The lowest BCUT2D eigenvalue weighted by Gasteiger charge is -2.09. The van der Waals surface area contributed by atoms with E-state index in [1.54, 1.807) is 12.3 Å². The number of hydrogen-bond donors (Lipinski definition) is 2. The number of aryl methyl sites for hydroxylation is 1. The zero-order chi connectivity index (χ0) is 15.3. The highest BCUT2D eigenvalue weighted by Crippen LogP contribution is 2.26. The lowest BCUT2D eigenvalue weighted by molar-refractivity contribution is 0.505. The van der Waals surface area contributed by atoms with Crippen LogP contribution in [0.15, 0.2) is 33.1 Å². The Balaban J connectivity index is 2.06. The summed E-state index contributed by atoms with van der Waals surface area (Å²) in [5.41, 5.74) is 0.790. The monoisotopic (exact) mass is 328 g/mol. The van der Waals surface area contributed by atoms with Crippen molar-refractivity contribution in [2.24, 2.45) is 0 Å². The van der Waals surface area contributed by atoms with E-state index >= 15 is 0 Å². The molecule has 0 atom stereocenters. The fourth-order valence-electron chi connectivity index (χ4n) is 2.04. The van der Waals surface area contributed by atoms with Gasteiger partial charge in [0.15, 0.2) is 0 Å². The van der Waals surface area contributed by atoms with Crippen molar-refractivity contribution in [2.75, 3.05) is 13.1 Å². The van der Waals surface area contributed by atoms with Gasteiger partial charge in [0.2, 0.25) is 10.0 Å². The van der Waals surface area contributed by atoms with Gasteiger partial charge in [0.1, 0.15) is 10.7 Å². The Morgan fingerprint density at radius 2 is 2.19 bits per heavy atom. The van der Waals surface area contributed by atoms with Gasteiger partial charge < -0.3 is 9.73 Å². The normalized spacial score (nSPS) is 11.9. The smallest absolute Gasteiger partial charge is 0.241 e. The topological polar surface area (TPSA) is 71.3 Å². The van der Waals surface area contributed by atoms with Crippen LogP contribution in [0.1, 0.15) is 23.1 Å². The molecule has 0 unspecified atom stereocenters. The van der Waals surface area contributed by atoms with E-state index in [1.807, 2.05) is 25.3 Å². The minimum absolute atomic E-state index is 0.325. The summed E-state index contributed by atoms with van der Waals surface area (Å²) in [7, 11) is -3.48. The maximum absolute atomic E-state index is 12.5. The number of rotatable bonds is 8. The van der Waals surface area contributed by atoms with E-state index in [0.29, 0.717) is 24.4 Å². The molecule has 2 aromatic heterocycles. The molecule has 2 rings (SSSR count). The molecule has 116 valence electrons. The van der Waals surface area contributed by atoms with E-state index < -0.39 is 10.0 Å². The molecule has 21 heavy (non-hydrogen) atoms.